The van der Waals surface area contributed by atoms with Crippen molar-refractivity contribution in [3.63, 3.8) is 0 Å². The normalized spacial score (nSPS) is 11.0. The average molecular weight is 454 g/mol. The summed E-state index contributed by atoms with van der Waals surface area (Å²) in [6.45, 7) is 3.67. The highest BCUT2D eigenvalue weighted by atomic mass is 35.5. The van der Waals surface area contributed by atoms with Crippen molar-refractivity contribution in [1.29, 1.82) is 0 Å². The molecule has 0 aliphatic heterocycles. The molecule has 0 radical (unpaired) electrons. The molecule has 1 amide bonds. The van der Waals surface area contributed by atoms with E-state index in [1.807, 2.05) is 36.4 Å². The number of aromatic nitrogens is 2. The quantitative estimate of drug-likeness (QED) is 0.528. The molecule has 3 rings (SSSR count). The molecule has 7 nitrogen and oxygen atoms in total. The number of hydrogen-bond acceptors (Lipinski definition) is 5. The summed E-state index contributed by atoms with van der Waals surface area (Å²) >= 11 is 5.92. The van der Waals surface area contributed by atoms with Crippen molar-refractivity contribution < 1.29 is 14.3 Å². The minimum Gasteiger partial charge on any atom is -0.497 e. The highest BCUT2D eigenvalue weighted by Gasteiger charge is 2.14. The molecule has 0 fully saturated rings. The van der Waals surface area contributed by atoms with Crippen LogP contribution < -0.4 is 15.6 Å². The number of allylic oxidation sites excluding steroid dienone is 1. The number of anilines is 1. The maximum absolute atomic E-state index is 12.9. The van der Waals surface area contributed by atoms with Gasteiger partial charge in [-0.05, 0) is 61.9 Å². The first-order valence-electron chi connectivity index (χ1n) is 10.0. The second-order valence-electron chi connectivity index (χ2n) is 7.19. The van der Waals surface area contributed by atoms with Gasteiger partial charge < -0.3 is 9.47 Å². The van der Waals surface area contributed by atoms with Gasteiger partial charge in [0.1, 0.15) is 11.4 Å². The number of benzene rings is 2. The predicted octanol–water partition coefficient (Wildman–Crippen LogP) is 5.24. The first-order chi connectivity index (χ1) is 15.4. The summed E-state index contributed by atoms with van der Waals surface area (Å²) < 4.78 is 11.6. The van der Waals surface area contributed by atoms with Crippen molar-refractivity contribution in [2.75, 3.05) is 12.4 Å². The molecule has 1 aromatic heterocycles. The topological polar surface area (TPSA) is 82.5 Å². The highest BCUT2D eigenvalue weighted by molar-refractivity contribution is 6.30. The lowest BCUT2D eigenvalue weighted by Gasteiger charge is -2.12. The van der Waals surface area contributed by atoms with E-state index in [1.165, 1.54) is 10.7 Å². The molecule has 0 saturated carbocycles. The van der Waals surface area contributed by atoms with E-state index in [2.05, 4.69) is 10.4 Å². The number of hydrogen-bond donors (Lipinski definition) is 1. The van der Waals surface area contributed by atoms with Crippen LogP contribution in [0.5, 0.6) is 5.75 Å². The van der Waals surface area contributed by atoms with Crippen LogP contribution in [0.3, 0.4) is 0 Å². The van der Waals surface area contributed by atoms with E-state index in [9.17, 15) is 9.59 Å². The first-order valence-corrected chi connectivity index (χ1v) is 10.4. The number of amides is 1. The third-order valence-corrected chi connectivity index (χ3v) is 4.65. The Morgan fingerprint density at radius 3 is 2.47 bits per heavy atom. The Hall–Kier alpha value is -3.58. The minimum absolute atomic E-state index is 0.0800. The van der Waals surface area contributed by atoms with E-state index >= 15 is 0 Å². The van der Waals surface area contributed by atoms with Crippen molar-refractivity contribution >= 4 is 29.5 Å². The molecule has 32 heavy (non-hydrogen) atoms. The van der Waals surface area contributed by atoms with Gasteiger partial charge in [0.25, 0.3) is 5.56 Å². The molecule has 3 aromatic rings. The predicted molar refractivity (Wildman–Crippen MR) is 126 cm³/mol. The molecule has 166 valence electrons. The van der Waals surface area contributed by atoms with Gasteiger partial charge in [-0.25, -0.2) is 9.48 Å². The van der Waals surface area contributed by atoms with E-state index in [4.69, 9.17) is 21.1 Å². The number of carbonyl (C=O) groups is 1. The summed E-state index contributed by atoms with van der Waals surface area (Å²) in [5.41, 5.74) is 1.86. The number of halogens is 1. The lowest BCUT2D eigenvalue weighted by Crippen LogP contribution is -2.29. The Balaban J connectivity index is 1.94. The molecule has 0 aliphatic rings. The molecule has 0 saturated heterocycles. The van der Waals surface area contributed by atoms with Crippen molar-refractivity contribution in [2.45, 2.75) is 26.5 Å². The van der Waals surface area contributed by atoms with Gasteiger partial charge in [-0.2, -0.15) is 5.10 Å². The van der Waals surface area contributed by atoms with E-state index < -0.39 is 11.7 Å². The summed E-state index contributed by atoms with van der Waals surface area (Å²) in [5, 5.41) is 7.65. The molecular weight excluding hydrogens is 430 g/mol. The third-order valence-electron chi connectivity index (χ3n) is 4.40. The zero-order valence-corrected chi connectivity index (χ0v) is 18.8. The van der Waals surface area contributed by atoms with Crippen LogP contribution in [0, 0.1) is 0 Å². The monoisotopic (exact) mass is 453 g/mol. The largest absolute Gasteiger partial charge is 0.497 e. The molecule has 0 unspecified atom stereocenters. The van der Waals surface area contributed by atoms with Crippen LogP contribution in [-0.2, 0) is 11.3 Å². The van der Waals surface area contributed by atoms with E-state index in [0.29, 0.717) is 16.5 Å². The fraction of sp³-hybridized carbons (Fsp3) is 0.208. The van der Waals surface area contributed by atoms with E-state index in [0.717, 1.165) is 11.1 Å². The van der Waals surface area contributed by atoms with Gasteiger partial charge in [0.2, 0.25) is 0 Å². The summed E-state index contributed by atoms with van der Waals surface area (Å²) in [5.74, 6) is 0.701. The molecular formula is C24H24ClN3O4. The fourth-order valence-electron chi connectivity index (χ4n) is 2.87. The van der Waals surface area contributed by atoms with Crippen LogP contribution in [-0.4, -0.2) is 29.1 Å². The Morgan fingerprint density at radius 2 is 1.84 bits per heavy atom. The van der Waals surface area contributed by atoms with Gasteiger partial charge in [-0.15, -0.1) is 0 Å². The third kappa shape index (κ3) is 6.21. The Morgan fingerprint density at radius 1 is 1.16 bits per heavy atom. The van der Waals surface area contributed by atoms with Gasteiger partial charge in [0, 0.05) is 10.6 Å². The summed E-state index contributed by atoms with van der Waals surface area (Å²) in [6.07, 6.45) is 2.66. The minimum atomic E-state index is -0.702. The smallest absolute Gasteiger partial charge is 0.412 e. The zero-order valence-electron chi connectivity index (χ0n) is 18.0. The molecule has 2 aromatic carbocycles. The number of rotatable bonds is 7. The molecule has 8 heteroatoms. The Labute approximate surface area is 191 Å². The molecule has 0 bridgehead atoms. The summed E-state index contributed by atoms with van der Waals surface area (Å²) in [6, 6.07) is 16.1. The second-order valence-corrected chi connectivity index (χ2v) is 7.63. The number of methoxy groups -OCH3 is 1. The van der Waals surface area contributed by atoms with Crippen LogP contribution in [0.1, 0.15) is 19.4 Å². The van der Waals surface area contributed by atoms with Crippen LogP contribution in [0.15, 0.2) is 65.5 Å². The van der Waals surface area contributed by atoms with E-state index in [1.54, 1.807) is 45.2 Å². The molecule has 1 N–H and O–H groups in total. The molecule has 1 heterocycles. The average Bonchev–Trinajstić information content (AvgIpc) is 2.77. The number of nitrogens with zero attached hydrogens (tertiary/aromatic N) is 2. The van der Waals surface area contributed by atoms with Gasteiger partial charge in [-0.1, -0.05) is 35.9 Å². The van der Waals surface area contributed by atoms with Crippen molar-refractivity contribution in [1.82, 2.24) is 9.78 Å². The van der Waals surface area contributed by atoms with Crippen molar-refractivity contribution in [2.24, 2.45) is 0 Å². The fourth-order valence-corrected chi connectivity index (χ4v) is 3.00. The van der Waals surface area contributed by atoms with Crippen molar-refractivity contribution in [3.05, 3.63) is 81.6 Å². The summed E-state index contributed by atoms with van der Waals surface area (Å²) in [4.78, 5) is 25.0. The zero-order chi connectivity index (χ0) is 23.1. The number of ether oxygens (including phenoxy) is 2. The number of nitrogens with one attached hydrogen (secondary N) is 1. The molecule has 0 aliphatic carbocycles. The Kier molecular flexibility index (Phi) is 7.68. The lowest BCUT2D eigenvalue weighted by atomic mass is 10.1. The summed E-state index contributed by atoms with van der Waals surface area (Å²) in [7, 11) is 1.59. The SMILES string of the molecule is COc1ccc(-c2cc(NC(=O)OC(C)C)c(=O)n(C/C=C/c3ccc(Cl)cc3)n2)cc1. The molecule has 0 spiro atoms. The maximum atomic E-state index is 12.9. The highest BCUT2D eigenvalue weighted by Crippen LogP contribution is 2.22. The van der Waals surface area contributed by atoms with Gasteiger partial charge in [-0.3, -0.25) is 10.1 Å². The molecule has 0 atom stereocenters. The van der Waals surface area contributed by atoms with Gasteiger partial charge >= 0.3 is 6.09 Å². The van der Waals surface area contributed by atoms with Crippen LogP contribution in [0.25, 0.3) is 17.3 Å². The van der Waals surface area contributed by atoms with Crippen LogP contribution in [0.4, 0.5) is 10.5 Å². The standard InChI is InChI=1S/C24H24ClN3O4/c1-16(2)32-24(30)26-22-15-21(18-8-12-20(31-3)13-9-18)27-28(23(22)29)14-4-5-17-6-10-19(25)11-7-17/h4-13,15-16H,14H2,1-3H3,(H,26,30)/b5-4+. The Bertz CT molecular complexity index is 1150. The van der Waals surface area contributed by atoms with Gasteiger partial charge in [0.05, 0.1) is 25.5 Å². The van der Waals surface area contributed by atoms with Gasteiger partial charge in [0.15, 0.2) is 0 Å². The number of carbonyl (C=O) groups excluding carboxylic acids is 1. The lowest BCUT2D eigenvalue weighted by molar-refractivity contribution is 0.130. The van der Waals surface area contributed by atoms with Crippen molar-refractivity contribution in [3.8, 4) is 17.0 Å². The van der Waals surface area contributed by atoms with E-state index in [-0.39, 0.29) is 18.3 Å². The first kappa shape index (κ1) is 23.1. The van der Waals surface area contributed by atoms with Crippen LogP contribution >= 0.6 is 11.6 Å². The maximum Gasteiger partial charge on any atom is 0.412 e. The van der Waals surface area contributed by atoms with Crippen LogP contribution in [0.2, 0.25) is 5.02 Å². The second kappa shape index (κ2) is 10.6.